The first kappa shape index (κ1) is 13.5. The van der Waals surface area contributed by atoms with Crippen LogP contribution in [-0.4, -0.2) is 31.6 Å². The summed E-state index contributed by atoms with van der Waals surface area (Å²) in [6.07, 6.45) is 2.54. The van der Waals surface area contributed by atoms with E-state index in [1.54, 1.807) is 12.1 Å². The highest BCUT2D eigenvalue weighted by Crippen LogP contribution is 2.16. The molecule has 0 aromatic heterocycles. The smallest absolute Gasteiger partial charge is 0.123 e. The molecule has 1 aliphatic heterocycles. The summed E-state index contributed by atoms with van der Waals surface area (Å²) in [6, 6.07) is 5.08. The monoisotopic (exact) mass is 250 g/mol. The summed E-state index contributed by atoms with van der Waals surface area (Å²) in [6.45, 7) is 6.33. The van der Waals surface area contributed by atoms with Gasteiger partial charge in [-0.2, -0.15) is 0 Å². The van der Waals surface area contributed by atoms with Crippen molar-refractivity contribution >= 4 is 0 Å². The Kier molecular flexibility index (Phi) is 4.72. The van der Waals surface area contributed by atoms with Gasteiger partial charge in [0.2, 0.25) is 0 Å². The number of piperidine rings is 1. The number of aryl methyl sites for hydroxylation is 1. The fraction of sp³-hybridized carbons (Fsp3) is 0.600. The maximum absolute atomic E-state index is 13.0. The SMILES string of the molecule is Cc1cc(F)ccc1CN(C)CC1CCNCC1. The van der Waals surface area contributed by atoms with Gasteiger partial charge in [-0.05, 0) is 69.1 Å². The van der Waals surface area contributed by atoms with Crippen molar-refractivity contribution in [3.63, 3.8) is 0 Å². The summed E-state index contributed by atoms with van der Waals surface area (Å²) in [5.74, 6) is 0.661. The topological polar surface area (TPSA) is 15.3 Å². The number of hydrogen-bond acceptors (Lipinski definition) is 2. The second-order valence-corrected chi connectivity index (χ2v) is 5.46. The molecule has 0 spiro atoms. The average molecular weight is 250 g/mol. The maximum Gasteiger partial charge on any atom is 0.123 e. The first-order valence-electron chi connectivity index (χ1n) is 6.79. The zero-order valence-electron chi connectivity index (χ0n) is 11.4. The van der Waals surface area contributed by atoms with Crippen molar-refractivity contribution < 1.29 is 4.39 Å². The number of benzene rings is 1. The molecule has 0 radical (unpaired) electrons. The summed E-state index contributed by atoms with van der Waals surface area (Å²) in [4.78, 5) is 2.36. The summed E-state index contributed by atoms with van der Waals surface area (Å²) >= 11 is 0. The number of nitrogens with zero attached hydrogens (tertiary/aromatic N) is 1. The number of halogens is 1. The Morgan fingerprint density at radius 3 is 2.72 bits per heavy atom. The van der Waals surface area contributed by atoms with Crippen LogP contribution in [0.5, 0.6) is 0 Å². The highest BCUT2D eigenvalue weighted by molar-refractivity contribution is 5.26. The van der Waals surface area contributed by atoms with Crippen molar-refractivity contribution in [2.45, 2.75) is 26.3 Å². The molecule has 100 valence electrons. The van der Waals surface area contributed by atoms with Gasteiger partial charge < -0.3 is 10.2 Å². The zero-order chi connectivity index (χ0) is 13.0. The molecule has 1 aromatic carbocycles. The molecule has 0 atom stereocenters. The number of rotatable bonds is 4. The Bertz CT molecular complexity index is 386. The van der Waals surface area contributed by atoms with Gasteiger partial charge in [-0.3, -0.25) is 0 Å². The van der Waals surface area contributed by atoms with E-state index in [4.69, 9.17) is 0 Å². The molecule has 1 aliphatic rings. The predicted octanol–water partition coefficient (Wildman–Crippen LogP) is 2.57. The molecule has 0 saturated carbocycles. The van der Waals surface area contributed by atoms with Crippen LogP contribution in [0.1, 0.15) is 24.0 Å². The number of nitrogens with one attached hydrogen (secondary N) is 1. The van der Waals surface area contributed by atoms with Crippen molar-refractivity contribution in [2.75, 3.05) is 26.7 Å². The molecule has 0 bridgehead atoms. The third-order valence-electron chi connectivity index (χ3n) is 3.77. The Hall–Kier alpha value is -0.930. The van der Waals surface area contributed by atoms with Gasteiger partial charge in [-0.1, -0.05) is 6.07 Å². The van der Waals surface area contributed by atoms with Crippen molar-refractivity contribution in [1.82, 2.24) is 10.2 Å². The van der Waals surface area contributed by atoms with Gasteiger partial charge in [-0.15, -0.1) is 0 Å². The molecule has 0 aliphatic carbocycles. The van der Waals surface area contributed by atoms with Crippen molar-refractivity contribution in [1.29, 1.82) is 0 Å². The minimum absolute atomic E-state index is 0.141. The summed E-state index contributed by atoms with van der Waals surface area (Å²) in [5.41, 5.74) is 2.28. The van der Waals surface area contributed by atoms with Crippen LogP contribution in [0.15, 0.2) is 18.2 Å². The Labute approximate surface area is 109 Å². The van der Waals surface area contributed by atoms with Gasteiger partial charge in [0.15, 0.2) is 0 Å². The summed E-state index contributed by atoms with van der Waals surface area (Å²) in [5, 5.41) is 3.39. The van der Waals surface area contributed by atoms with E-state index in [1.807, 2.05) is 13.0 Å². The largest absolute Gasteiger partial charge is 0.317 e. The van der Waals surface area contributed by atoms with Crippen molar-refractivity contribution in [3.05, 3.63) is 35.1 Å². The Morgan fingerprint density at radius 1 is 1.33 bits per heavy atom. The van der Waals surface area contributed by atoms with Gasteiger partial charge in [0.1, 0.15) is 5.82 Å². The standard InChI is InChI=1S/C15H23FN2/c1-12-9-15(16)4-3-14(12)11-18(2)10-13-5-7-17-8-6-13/h3-4,9,13,17H,5-8,10-11H2,1-2H3. The van der Waals surface area contributed by atoms with E-state index in [0.717, 1.165) is 37.7 Å². The summed E-state index contributed by atoms with van der Waals surface area (Å²) < 4.78 is 13.0. The van der Waals surface area contributed by atoms with Crippen molar-refractivity contribution in [3.8, 4) is 0 Å². The second-order valence-electron chi connectivity index (χ2n) is 5.46. The lowest BCUT2D eigenvalue weighted by molar-refractivity contribution is 0.234. The fourth-order valence-corrected chi connectivity index (χ4v) is 2.70. The third-order valence-corrected chi connectivity index (χ3v) is 3.77. The quantitative estimate of drug-likeness (QED) is 0.883. The lowest BCUT2D eigenvalue weighted by Gasteiger charge is -2.27. The molecule has 0 amide bonds. The molecule has 2 nitrogen and oxygen atoms in total. The fourth-order valence-electron chi connectivity index (χ4n) is 2.70. The molecule has 0 unspecified atom stereocenters. The molecule has 1 fully saturated rings. The molecule has 18 heavy (non-hydrogen) atoms. The minimum atomic E-state index is -0.141. The van der Waals surface area contributed by atoms with E-state index in [2.05, 4.69) is 17.3 Å². The molecule has 3 heteroatoms. The first-order chi connectivity index (χ1) is 8.65. The highest BCUT2D eigenvalue weighted by Gasteiger charge is 2.15. The van der Waals surface area contributed by atoms with Crippen molar-refractivity contribution in [2.24, 2.45) is 5.92 Å². The lowest BCUT2D eigenvalue weighted by atomic mass is 9.97. The van der Waals surface area contributed by atoms with Crippen LogP contribution < -0.4 is 5.32 Å². The molecular formula is C15H23FN2. The van der Waals surface area contributed by atoms with Crippen LogP contribution in [0.25, 0.3) is 0 Å². The van der Waals surface area contributed by atoms with E-state index >= 15 is 0 Å². The Balaban J connectivity index is 1.87. The zero-order valence-corrected chi connectivity index (χ0v) is 11.4. The third kappa shape index (κ3) is 3.79. The van der Waals surface area contributed by atoms with Gasteiger partial charge in [0.25, 0.3) is 0 Å². The van der Waals surface area contributed by atoms with E-state index in [-0.39, 0.29) is 5.82 Å². The van der Waals surface area contributed by atoms with Crippen LogP contribution in [-0.2, 0) is 6.54 Å². The second kappa shape index (κ2) is 6.30. The normalized spacial score (nSPS) is 17.3. The van der Waals surface area contributed by atoms with E-state index in [0.29, 0.717) is 0 Å². The highest BCUT2D eigenvalue weighted by atomic mass is 19.1. The lowest BCUT2D eigenvalue weighted by Crippen LogP contribution is -2.34. The Morgan fingerprint density at radius 2 is 2.06 bits per heavy atom. The molecule has 1 aromatic rings. The first-order valence-corrected chi connectivity index (χ1v) is 6.79. The molecule has 2 rings (SSSR count). The van der Waals surface area contributed by atoms with Crippen LogP contribution in [0.2, 0.25) is 0 Å². The number of hydrogen-bond donors (Lipinski definition) is 1. The van der Waals surface area contributed by atoms with Crippen LogP contribution in [0.4, 0.5) is 4.39 Å². The molecular weight excluding hydrogens is 227 g/mol. The van der Waals surface area contributed by atoms with Gasteiger partial charge in [0.05, 0.1) is 0 Å². The van der Waals surface area contributed by atoms with Crippen LogP contribution in [0.3, 0.4) is 0 Å². The summed E-state index contributed by atoms with van der Waals surface area (Å²) in [7, 11) is 2.16. The molecule has 1 heterocycles. The van der Waals surface area contributed by atoms with Gasteiger partial charge in [-0.25, -0.2) is 4.39 Å². The van der Waals surface area contributed by atoms with E-state index in [1.165, 1.54) is 18.4 Å². The van der Waals surface area contributed by atoms with Gasteiger partial charge in [0, 0.05) is 13.1 Å². The van der Waals surface area contributed by atoms with Crippen LogP contribution >= 0.6 is 0 Å². The molecule has 1 N–H and O–H groups in total. The van der Waals surface area contributed by atoms with E-state index < -0.39 is 0 Å². The maximum atomic E-state index is 13.0. The van der Waals surface area contributed by atoms with E-state index in [9.17, 15) is 4.39 Å². The van der Waals surface area contributed by atoms with Crippen LogP contribution in [0, 0.1) is 18.7 Å². The minimum Gasteiger partial charge on any atom is -0.317 e. The predicted molar refractivity (Wildman–Crippen MR) is 73.1 cm³/mol. The average Bonchev–Trinajstić information content (AvgIpc) is 2.34. The van der Waals surface area contributed by atoms with Gasteiger partial charge >= 0.3 is 0 Å². The molecule has 1 saturated heterocycles.